The summed E-state index contributed by atoms with van der Waals surface area (Å²) in [7, 11) is 0. The van der Waals surface area contributed by atoms with Crippen LogP contribution in [0.5, 0.6) is 5.75 Å². The number of fused-ring (bicyclic) bond motifs is 1. The molecular formula is C22H27F2N5O2. The first-order valence-electron chi connectivity index (χ1n) is 11.2. The molecule has 166 valence electrons. The van der Waals surface area contributed by atoms with Gasteiger partial charge >= 0.3 is 6.61 Å². The highest BCUT2D eigenvalue weighted by atomic mass is 19.3. The number of nitrogen functional groups attached to an aromatic ring is 1. The molecule has 7 nitrogen and oxygen atoms in total. The minimum Gasteiger partial charge on any atom is -0.431 e. The number of alkyl halides is 2. The lowest BCUT2D eigenvalue weighted by atomic mass is 9.85. The van der Waals surface area contributed by atoms with Gasteiger partial charge in [0.25, 0.3) is 0 Å². The van der Waals surface area contributed by atoms with Crippen LogP contribution in [0.15, 0.2) is 18.3 Å². The number of nitrogens with zero attached hydrogens (tertiary/aromatic N) is 4. The number of halogens is 2. The molecule has 2 N–H and O–H groups in total. The summed E-state index contributed by atoms with van der Waals surface area (Å²) < 4.78 is 37.5. The van der Waals surface area contributed by atoms with Crippen LogP contribution in [-0.4, -0.2) is 58.6 Å². The highest BCUT2D eigenvalue weighted by molar-refractivity contribution is 5.64. The van der Waals surface area contributed by atoms with Crippen molar-refractivity contribution in [3.05, 3.63) is 24.0 Å². The van der Waals surface area contributed by atoms with E-state index in [0.717, 1.165) is 38.5 Å². The van der Waals surface area contributed by atoms with E-state index in [4.69, 9.17) is 15.6 Å². The van der Waals surface area contributed by atoms with Crippen molar-refractivity contribution < 1.29 is 18.3 Å². The van der Waals surface area contributed by atoms with Crippen LogP contribution < -0.4 is 10.5 Å². The zero-order valence-corrected chi connectivity index (χ0v) is 17.3. The van der Waals surface area contributed by atoms with Crippen LogP contribution in [-0.2, 0) is 11.3 Å². The van der Waals surface area contributed by atoms with E-state index in [2.05, 4.69) is 25.4 Å². The van der Waals surface area contributed by atoms with E-state index in [-0.39, 0.29) is 11.6 Å². The van der Waals surface area contributed by atoms with E-state index in [0.29, 0.717) is 35.3 Å². The summed E-state index contributed by atoms with van der Waals surface area (Å²) in [6.07, 6.45) is 5.37. The predicted molar refractivity (Wildman–Crippen MR) is 110 cm³/mol. The SMILES string of the molecule is Nc1ncc(-c2cc(C3[C@H]4CN(C5COC5)C[C@@H]34)n(CC3CCC3)n2)cc1OC(F)F. The van der Waals surface area contributed by atoms with E-state index in [1.807, 2.05) is 0 Å². The molecule has 6 rings (SSSR count). The molecule has 1 unspecified atom stereocenters. The molecule has 0 spiro atoms. The van der Waals surface area contributed by atoms with Gasteiger partial charge in [0.2, 0.25) is 0 Å². The van der Waals surface area contributed by atoms with Gasteiger partial charge in [-0.15, -0.1) is 0 Å². The fourth-order valence-corrected chi connectivity index (χ4v) is 5.42. The van der Waals surface area contributed by atoms with Gasteiger partial charge in [-0.05, 0) is 42.7 Å². The van der Waals surface area contributed by atoms with Gasteiger partial charge in [0.05, 0.1) is 24.9 Å². The second kappa shape index (κ2) is 7.41. The Bertz CT molecular complexity index is 963. The molecule has 2 aliphatic carbocycles. The third-order valence-electron chi connectivity index (χ3n) is 7.56. The van der Waals surface area contributed by atoms with Gasteiger partial charge in [-0.3, -0.25) is 9.58 Å². The van der Waals surface area contributed by atoms with E-state index in [1.54, 1.807) is 6.20 Å². The zero-order valence-electron chi connectivity index (χ0n) is 17.3. The molecule has 3 atom stereocenters. The Morgan fingerprint density at radius 2 is 1.97 bits per heavy atom. The first-order chi connectivity index (χ1) is 15.1. The number of hydrogen-bond donors (Lipinski definition) is 1. The molecule has 4 heterocycles. The summed E-state index contributed by atoms with van der Waals surface area (Å²) in [5, 5.41) is 4.88. The fourth-order valence-electron chi connectivity index (χ4n) is 5.42. The topological polar surface area (TPSA) is 78.4 Å². The maximum absolute atomic E-state index is 12.7. The van der Waals surface area contributed by atoms with Crippen molar-refractivity contribution in [1.82, 2.24) is 19.7 Å². The van der Waals surface area contributed by atoms with Crippen molar-refractivity contribution in [3.63, 3.8) is 0 Å². The van der Waals surface area contributed by atoms with Crippen LogP contribution in [0.2, 0.25) is 0 Å². The van der Waals surface area contributed by atoms with Gasteiger partial charge in [-0.1, -0.05) is 6.42 Å². The summed E-state index contributed by atoms with van der Waals surface area (Å²) in [4.78, 5) is 6.62. The monoisotopic (exact) mass is 431 g/mol. The number of pyridine rings is 1. The first kappa shape index (κ1) is 19.4. The second-order valence-corrected chi connectivity index (χ2v) is 9.42. The third kappa shape index (κ3) is 3.47. The third-order valence-corrected chi connectivity index (χ3v) is 7.56. The van der Waals surface area contributed by atoms with Gasteiger partial charge in [-0.2, -0.15) is 13.9 Å². The minimum atomic E-state index is -2.94. The molecule has 2 saturated heterocycles. The number of piperidine rings is 1. The lowest BCUT2D eigenvalue weighted by Gasteiger charge is -2.36. The van der Waals surface area contributed by atoms with Crippen molar-refractivity contribution in [3.8, 4) is 17.0 Å². The maximum Gasteiger partial charge on any atom is 0.387 e. The molecule has 31 heavy (non-hydrogen) atoms. The van der Waals surface area contributed by atoms with E-state index in [1.165, 1.54) is 31.0 Å². The lowest BCUT2D eigenvalue weighted by molar-refractivity contribution is -0.0610. The van der Waals surface area contributed by atoms with Crippen LogP contribution in [0.4, 0.5) is 14.6 Å². The molecule has 2 aromatic rings. The summed E-state index contributed by atoms with van der Waals surface area (Å²) in [5.41, 5.74) is 8.38. The second-order valence-electron chi connectivity index (χ2n) is 9.42. The lowest BCUT2D eigenvalue weighted by Crippen LogP contribution is -2.48. The molecule has 9 heteroatoms. The van der Waals surface area contributed by atoms with Crippen LogP contribution in [0.3, 0.4) is 0 Å². The Hall–Kier alpha value is -2.26. The van der Waals surface area contributed by atoms with Crippen molar-refractivity contribution in [2.45, 2.75) is 44.4 Å². The molecular weight excluding hydrogens is 404 g/mol. The average Bonchev–Trinajstić information content (AvgIpc) is 3.00. The Morgan fingerprint density at radius 3 is 2.58 bits per heavy atom. The molecule has 2 aliphatic heterocycles. The fraction of sp³-hybridized carbons (Fsp3) is 0.636. The quantitative estimate of drug-likeness (QED) is 0.726. The highest BCUT2D eigenvalue weighted by Gasteiger charge is 2.58. The Morgan fingerprint density at radius 1 is 1.19 bits per heavy atom. The van der Waals surface area contributed by atoms with Gasteiger partial charge in [0.15, 0.2) is 11.6 Å². The minimum absolute atomic E-state index is 0.0463. The predicted octanol–water partition coefficient (Wildman–Crippen LogP) is 2.97. The Labute approximate surface area is 179 Å². The highest BCUT2D eigenvalue weighted by Crippen LogP contribution is 2.59. The van der Waals surface area contributed by atoms with Gasteiger partial charge in [0.1, 0.15) is 0 Å². The molecule has 0 amide bonds. The Balaban J connectivity index is 1.26. The molecule has 0 radical (unpaired) electrons. The molecule has 2 saturated carbocycles. The summed E-state index contributed by atoms with van der Waals surface area (Å²) in [6.45, 7) is 1.96. The van der Waals surface area contributed by atoms with Gasteiger partial charge in [-0.25, -0.2) is 4.98 Å². The van der Waals surface area contributed by atoms with Crippen molar-refractivity contribution in [2.24, 2.45) is 17.8 Å². The van der Waals surface area contributed by atoms with Crippen LogP contribution in [0.1, 0.15) is 30.9 Å². The molecule has 2 aromatic heterocycles. The molecule has 0 bridgehead atoms. The molecule has 4 aliphatic rings. The number of ether oxygens (including phenoxy) is 2. The summed E-state index contributed by atoms with van der Waals surface area (Å²) >= 11 is 0. The number of nitrogens with two attached hydrogens (primary N) is 1. The standard InChI is InChI=1S/C22H27F2N5O2/c23-22(24)31-19-4-13(6-26-21(19)25)17-5-18(29(27-17)7-12-2-1-3-12)20-15-8-28(9-16(15)20)14-10-30-11-14/h4-6,12,14-16,20,22H,1-3,7-11H2,(H2,25,26)/t15-,16+,20?. The average molecular weight is 431 g/mol. The van der Waals surface area contributed by atoms with Crippen LogP contribution in [0, 0.1) is 17.8 Å². The smallest absolute Gasteiger partial charge is 0.387 e. The maximum atomic E-state index is 12.7. The van der Waals surface area contributed by atoms with Crippen molar-refractivity contribution in [2.75, 3.05) is 32.0 Å². The Kier molecular flexibility index (Phi) is 4.64. The van der Waals surface area contributed by atoms with Crippen LogP contribution in [0.25, 0.3) is 11.3 Å². The zero-order chi connectivity index (χ0) is 21.1. The molecule has 0 aromatic carbocycles. The van der Waals surface area contributed by atoms with Crippen molar-refractivity contribution >= 4 is 5.82 Å². The first-order valence-corrected chi connectivity index (χ1v) is 11.2. The number of likely N-dealkylation sites (tertiary alicyclic amines) is 1. The van der Waals surface area contributed by atoms with E-state index < -0.39 is 6.61 Å². The molecule has 4 fully saturated rings. The van der Waals surface area contributed by atoms with E-state index >= 15 is 0 Å². The largest absolute Gasteiger partial charge is 0.431 e. The number of anilines is 1. The number of rotatable bonds is 7. The number of aromatic nitrogens is 3. The summed E-state index contributed by atoms with van der Waals surface area (Å²) in [6, 6.07) is 4.23. The van der Waals surface area contributed by atoms with E-state index in [9.17, 15) is 8.78 Å². The normalized spacial score (nSPS) is 28.4. The van der Waals surface area contributed by atoms with Gasteiger partial charge < -0.3 is 15.2 Å². The van der Waals surface area contributed by atoms with Crippen LogP contribution >= 0.6 is 0 Å². The van der Waals surface area contributed by atoms with Gasteiger partial charge in [0, 0.05) is 43.0 Å². The van der Waals surface area contributed by atoms with Crippen molar-refractivity contribution in [1.29, 1.82) is 0 Å². The summed E-state index contributed by atoms with van der Waals surface area (Å²) in [5.74, 6) is 2.40. The number of hydrogen-bond acceptors (Lipinski definition) is 6.